The number of nitrogens with one attached hydrogen (secondary N) is 2. The molecule has 0 aliphatic rings. The number of nitrogens with zero attached hydrogens (tertiary/aromatic N) is 1. The lowest BCUT2D eigenvalue weighted by Gasteiger charge is -2.17. The number of hydrogen-bond donors (Lipinski definition) is 2. The van der Waals surface area contributed by atoms with Gasteiger partial charge < -0.3 is 10.6 Å². The molecule has 0 amide bonds. The van der Waals surface area contributed by atoms with E-state index in [4.69, 9.17) is 0 Å². The van der Waals surface area contributed by atoms with Gasteiger partial charge in [-0.2, -0.15) is 0 Å². The topological polar surface area (TPSA) is 37.0 Å². The lowest BCUT2D eigenvalue weighted by molar-refractivity contribution is 0.539. The van der Waals surface area contributed by atoms with Gasteiger partial charge in [-0.15, -0.1) is 0 Å². The van der Waals surface area contributed by atoms with Crippen molar-refractivity contribution in [2.45, 2.75) is 40.2 Å². The maximum Gasteiger partial charge on any atom is 0.128 e. The summed E-state index contributed by atoms with van der Waals surface area (Å²) in [5, 5.41) is 6.63. The molecule has 1 aromatic rings. The van der Waals surface area contributed by atoms with Crippen LogP contribution in [0.4, 0.5) is 11.6 Å². The van der Waals surface area contributed by atoms with Gasteiger partial charge in [-0.05, 0) is 38.3 Å². The van der Waals surface area contributed by atoms with Gasteiger partial charge in [-0.1, -0.05) is 19.9 Å². The van der Waals surface area contributed by atoms with E-state index in [1.54, 1.807) is 0 Å². The zero-order valence-electron chi connectivity index (χ0n) is 10.7. The molecular weight excluding hydrogens is 198 g/mol. The molecule has 1 heterocycles. The average Bonchev–Trinajstić information content (AvgIpc) is 2.17. The first-order chi connectivity index (χ1) is 7.61. The first-order valence-electron chi connectivity index (χ1n) is 6.09. The van der Waals surface area contributed by atoms with Crippen LogP contribution in [0.25, 0.3) is 0 Å². The fourth-order valence-corrected chi connectivity index (χ4v) is 1.81. The summed E-state index contributed by atoms with van der Waals surface area (Å²) in [4.78, 5) is 4.49. The molecule has 3 nitrogen and oxygen atoms in total. The monoisotopic (exact) mass is 221 g/mol. The van der Waals surface area contributed by atoms with Crippen molar-refractivity contribution in [1.82, 2.24) is 4.98 Å². The first-order valence-corrected chi connectivity index (χ1v) is 6.09. The summed E-state index contributed by atoms with van der Waals surface area (Å²) in [7, 11) is 0. The molecule has 1 unspecified atom stereocenters. The number of pyridine rings is 1. The smallest absolute Gasteiger partial charge is 0.128 e. The molecule has 1 atom stereocenters. The Balaban J connectivity index is 2.55. The van der Waals surface area contributed by atoms with Crippen LogP contribution in [0, 0.1) is 5.92 Å². The van der Waals surface area contributed by atoms with E-state index in [0.717, 1.165) is 24.6 Å². The summed E-state index contributed by atoms with van der Waals surface area (Å²) in [5.74, 6) is 2.59. The fourth-order valence-electron chi connectivity index (χ4n) is 1.81. The molecule has 0 aliphatic carbocycles. The molecule has 3 heteroatoms. The molecule has 0 fully saturated rings. The third kappa shape index (κ3) is 4.51. The second kappa shape index (κ2) is 6.36. The fraction of sp³-hybridized carbons (Fsp3) is 0.615. The van der Waals surface area contributed by atoms with Crippen LogP contribution in [0.15, 0.2) is 18.2 Å². The summed E-state index contributed by atoms with van der Waals surface area (Å²) in [6.45, 7) is 9.64. The lowest BCUT2D eigenvalue weighted by atomic mass is 10.1. The summed E-state index contributed by atoms with van der Waals surface area (Å²) in [5.41, 5.74) is 0. The van der Waals surface area contributed by atoms with Crippen molar-refractivity contribution in [3.8, 4) is 0 Å². The summed E-state index contributed by atoms with van der Waals surface area (Å²) < 4.78 is 0. The molecular formula is C13H23N3. The van der Waals surface area contributed by atoms with Gasteiger partial charge in [0.15, 0.2) is 0 Å². The highest BCUT2D eigenvalue weighted by atomic mass is 15.1. The highest BCUT2D eigenvalue weighted by molar-refractivity contribution is 5.45. The number of hydrogen-bond acceptors (Lipinski definition) is 3. The maximum absolute atomic E-state index is 4.49. The third-order valence-corrected chi connectivity index (χ3v) is 2.33. The Hall–Kier alpha value is -1.25. The standard InChI is InChI=1S/C13H23N3/c1-5-14-12-7-6-8-13(16-12)15-11(4)9-10(2)3/h6-8,10-11H,5,9H2,1-4H3,(H2,14,15,16). The van der Waals surface area contributed by atoms with Crippen LogP contribution in [0.3, 0.4) is 0 Å². The van der Waals surface area contributed by atoms with Crippen molar-refractivity contribution in [3.05, 3.63) is 18.2 Å². The van der Waals surface area contributed by atoms with Gasteiger partial charge in [0.1, 0.15) is 11.6 Å². The van der Waals surface area contributed by atoms with Crippen LogP contribution in [0.1, 0.15) is 34.1 Å². The molecule has 0 saturated carbocycles. The number of rotatable bonds is 6. The predicted octanol–water partition coefficient (Wildman–Crippen LogP) is 3.36. The van der Waals surface area contributed by atoms with Gasteiger partial charge in [0.05, 0.1) is 0 Å². The van der Waals surface area contributed by atoms with Crippen molar-refractivity contribution in [2.24, 2.45) is 5.92 Å². The van der Waals surface area contributed by atoms with E-state index in [9.17, 15) is 0 Å². The van der Waals surface area contributed by atoms with E-state index in [1.165, 1.54) is 0 Å². The molecule has 0 saturated heterocycles. The zero-order valence-corrected chi connectivity index (χ0v) is 10.7. The van der Waals surface area contributed by atoms with Crippen LogP contribution in [0.5, 0.6) is 0 Å². The molecule has 0 aromatic carbocycles. The maximum atomic E-state index is 4.49. The number of aromatic nitrogens is 1. The summed E-state index contributed by atoms with van der Waals surface area (Å²) in [6, 6.07) is 6.49. The molecule has 0 bridgehead atoms. The third-order valence-electron chi connectivity index (χ3n) is 2.33. The molecule has 1 aromatic heterocycles. The number of anilines is 2. The Bertz CT molecular complexity index is 310. The Morgan fingerprint density at radius 2 is 1.88 bits per heavy atom. The van der Waals surface area contributed by atoms with Crippen LogP contribution in [0.2, 0.25) is 0 Å². The normalized spacial score (nSPS) is 12.6. The van der Waals surface area contributed by atoms with Crippen molar-refractivity contribution in [1.29, 1.82) is 0 Å². The van der Waals surface area contributed by atoms with Crippen molar-refractivity contribution < 1.29 is 0 Å². The largest absolute Gasteiger partial charge is 0.370 e. The van der Waals surface area contributed by atoms with E-state index in [0.29, 0.717) is 12.0 Å². The first kappa shape index (κ1) is 12.8. The summed E-state index contributed by atoms with van der Waals surface area (Å²) >= 11 is 0. The van der Waals surface area contributed by atoms with Gasteiger partial charge in [0, 0.05) is 12.6 Å². The van der Waals surface area contributed by atoms with Gasteiger partial charge in [-0.3, -0.25) is 0 Å². The Morgan fingerprint density at radius 3 is 2.50 bits per heavy atom. The molecule has 2 N–H and O–H groups in total. The Morgan fingerprint density at radius 1 is 1.19 bits per heavy atom. The minimum absolute atomic E-state index is 0.462. The molecule has 0 aliphatic heterocycles. The Labute approximate surface area is 98.7 Å². The highest BCUT2D eigenvalue weighted by Crippen LogP contribution is 2.13. The average molecular weight is 221 g/mol. The zero-order chi connectivity index (χ0) is 12.0. The minimum Gasteiger partial charge on any atom is -0.370 e. The second-order valence-corrected chi connectivity index (χ2v) is 4.61. The molecule has 1 rings (SSSR count). The molecule has 0 spiro atoms. The van der Waals surface area contributed by atoms with E-state index in [1.807, 2.05) is 18.2 Å². The van der Waals surface area contributed by atoms with E-state index in [-0.39, 0.29) is 0 Å². The second-order valence-electron chi connectivity index (χ2n) is 4.61. The van der Waals surface area contributed by atoms with Crippen molar-refractivity contribution in [3.63, 3.8) is 0 Å². The van der Waals surface area contributed by atoms with E-state index >= 15 is 0 Å². The van der Waals surface area contributed by atoms with E-state index < -0.39 is 0 Å². The quantitative estimate of drug-likeness (QED) is 0.773. The van der Waals surface area contributed by atoms with E-state index in [2.05, 4.69) is 43.3 Å². The molecule has 16 heavy (non-hydrogen) atoms. The van der Waals surface area contributed by atoms with Gasteiger partial charge in [0.2, 0.25) is 0 Å². The SMILES string of the molecule is CCNc1cccc(NC(C)CC(C)C)n1. The van der Waals surface area contributed by atoms with Crippen LogP contribution >= 0.6 is 0 Å². The highest BCUT2D eigenvalue weighted by Gasteiger charge is 2.05. The predicted molar refractivity (Wildman–Crippen MR) is 70.9 cm³/mol. The van der Waals surface area contributed by atoms with Crippen LogP contribution in [-0.2, 0) is 0 Å². The lowest BCUT2D eigenvalue weighted by Crippen LogP contribution is -2.18. The Kier molecular flexibility index (Phi) is 5.09. The van der Waals surface area contributed by atoms with Crippen molar-refractivity contribution in [2.75, 3.05) is 17.2 Å². The molecule has 90 valence electrons. The van der Waals surface area contributed by atoms with Gasteiger partial charge in [-0.25, -0.2) is 4.98 Å². The van der Waals surface area contributed by atoms with Crippen molar-refractivity contribution >= 4 is 11.6 Å². The molecule has 0 radical (unpaired) electrons. The van der Waals surface area contributed by atoms with Gasteiger partial charge in [0.25, 0.3) is 0 Å². The minimum atomic E-state index is 0.462. The summed E-state index contributed by atoms with van der Waals surface area (Å²) in [6.07, 6.45) is 1.16. The van der Waals surface area contributed by atoms with Crippen LogP contribution in [-0.4, -0.2) is 17.6 Å². The van der Waals surface area contributed by atoms with Gasteiger partial charge >= 0.3 is 0 Å². The van der Waals surface area contributed by atoms with Crippen LogP contribution < -0.4 is 10.6 Å².